The third-order valence-electron chi connectivity index (χ3n) is 3.36. The van der Waals surface area contributed by atoms with Crippen molar-refractivity contribution in [2.45, 2.75) is 5.78 Å². The van der Waals surface area contributed by atoms with Crippen molar-refractivity contribution in [1.29, 1.82) is 0 Å². The van der Waals surface area contributed by atoms with Crippen LogP contribution in [0.3, 0.4) is 0 Å². The molecule has 0 bridgehead atoms. The molecule has 2 aromatic rings. The summed E-state index contributed by atoms with van der Waals surface area (Å²) in [5.74, 6) is -0.684. The van der Waals surface area contributed by atoms with E-state index in [1.807, 2.05) is 10.1 Å². The van der Waals surface area contributed by atoms with E-state index in [0.717, 1.165) is 14.2 Å². The summed E-state index contributed by atoms with van der Waals surface area (Å²) in [5, 5.41) is 4.36. The molecule has 0 saturated carbocycles. The summed E-state index contributed by atoms with van der Waals surface area (Å²) >= 11 is 0. The lowest BCUT2D eigenvalue weighted by atomic mass is 10.2. The first-order valence-electron chi connectivity index (χ1n) is 6.92. The first-order valence-corrected chi connectivity index (χ1v) is 8.53. The number of carbonyl (C=O) groups is 1. The van der Waals surface area contributed by atoms with Gasteiger partial charge in [-0.2, -0.15) is 0 Å². The van der Waals surface area contributed by atoms with E-state index in [4.69, 9.17) is 13.8 Å². The van der Waals surface area contributed by atoms with Gasteiger partial charge in [-0.15, -0.1) is 4.68 Å². The lowest BCUT2D eigenvalue weighted by Crippen LogP contribution is -2.38. The van der Waals surface area contributed by atoms with Crippen LogP contribution in [0.15, 0.2) is 33.9 Å². The van der Waals surface area contributed by atoms with Gasteiger partial charge in [-0.25, -0.2) is 19.5 Å². The van der Waals surface area contributed by atoms with E-state index in [0.29, 0.717) is 16.0 Å². The van der Waals surface area contributed by atoms with E-state index >= 15 is 0 Å². The van der Waals surface area contributed by atoms with Crippen molar-refractivity contribution in [1.82, 2.24) is 20.1 Å². The second-order valence-electron chi connectivity index (χ2n) is 4.74. The maximum absolute atomic E-state index is 12.8. The standard InChI is InChI=1S/C13H17N4O7P/c1-22-9-6-4-8(5-7-9)10(25(21,23-2)24-3)14-12(19)17-13(20)15-11(18)16-17/h4-7,10H,1-3H3,(H,14,19)(H2,15,16,18,20)/t10-/m0/s1. The largest absolute Gasteiger partial charge is 0.497 e. The minimum atomic E-state index is -3.81. The van der Waals surface area contributed by atoms with Crippen LogP contribution in [0.2, 0.25) is 0 Å². The number of H-pyrrole nitrogens is 2. The molecule has 0 aliphatic rings. The molecule has 0 saturated heterocycles. The Hall–Kier alpha value is -2.62. The lowest BCUT2D eigenvalue weighted by Gasteiger charge is -2.25. The minimum Gasteiger partial charge on any atom is -0.497 e. The zero-order valence-corrected chi connectivity index (χ0v) is 14.5. The highest BCUT2D eigenvalue weighted by molar-refractivity contribution is 7.54. The molecule has 3 N–H and O–H groups in total. The molecule has 0 spiro atoms. The van der Waals surface area contributed by atoms with Crippen LogP contribution >= 0.6 is 7.60 Å². The van der Waals surface area contributed by atoms with E-state index in [1.165, 1.54) is 7.11 Å². The number of hydrogen-bond donors (Lipinski definition) is 3. The number of nitrogens with zero attached hydrogens (tertiary/aromatic N) is 1. The zero-order valence-electron chi connectivity index (χ0n) is 13.6. The van der Waals surface area contributed by atoms with Gasteiger partial charge in [0.25, 0.3) is 0 Å². The normalized spacial score (nSPS) is 12.6. The fraction of sp³-hybridized carbons (Fsp3) is 0.308. The van der Waals surface area contributed by atoms with Crippen molar-refractivity contribution < 1.29 is 23.1 Å². The first-order chi connectivity index (χ1) is 11.8. The van der Waals surface area contributed by atoms with Crippen LogP contribution < -0.4 is 21.4 Å². The maximum atomic E-state index is 12.8. The molecule has 0 unspecified atom stereocenters. The minimum absolute atomic E-state index is 0.382. The number of aromatic amines is 2. The quantitative estimate of drug-likeness (QED) is 0.630. The average molecular weight is 372 g/mol. The van der Waals surface area contributed by atoms with E-state index in [2.05, 4.69) is 5.32 Å². The highest BCUT2D eigenvalue weighted by Crippen LogP contribution is 2.58. The van der Waals surface area contributed by atoms with Gasteiger partial charge in [0.2, 0.25) is 0 Å². The van der Waals surface area contributed by atoms with Crippen LogP contribution in [0, 0.1) is 0 Å². The summed E-state index contributed by atoms with van der Waals surface area (Å²) < 4.78 is 28.2. The smallest absolute Gasteiger partial charge is 0.356 e. The Morgan fingerprint density at radius 3 is 2.20 bits per heavy atom. The van der Waals surface area contributed by atoms with Gasteiger partial charge in [-0.3, -0.25) is 9.55 Å². The lowest BCUT2D eigenvalue weighted by molar-refractivity contribution is 0.229. The van der Waals surface area contributed by atoms with Gasteiger partial charge in [0, 0.05) is 14.2 Å². The molecule has 25 heavy (non-hydrogen) atoms. The number of ether oxygens (including phenoxy) is 1. The number of carbonyl (C=O) groups excluding carboxylic acids is 1. The number of rotatable bonds is 6. The molecule has 11 nitrogen and oxygen atoms in total. The van der Waals surface area contributed by atoms with Gasteiger partial charge in [-0.05, 0) is 17.7 Å². The van der Waals surface area contributed by atoms with Gasteiger partial charge in [0.15, 0.2) is 5.78 Å². The van der Waals surface area contributed by atoms with E-state index in [9.17, 15) is 18.9 Å². The molecular weight excluding hydrogens is 355 g/mol. The van der Waals surface area contributed by atoms with Crippen molar-refractivity contribution >= 4 is 13.6 Å². The van der Waals surface area contributed by atoms with Crippen LogP contribution in [-0.4, -0.2) is 42.1 Å². The third kappa shape index (κ3) is 3.90. The molecule has 0 radical (unpaired) electrons. The van der Waals surface area contributed by atoms with Gasteiger partial charge in [0.05, 0.1) is 7.11 Å². The summed E-state index contributed by atoms with van der Waals surface area (Å²) in [4.78, 5) is 36.8. The number of aromatic nitrogens is 3. The van der Waals surface area contributed by atoms with Gasteiger partial charge >= 0.3 is 25.0 Å². The van der Waals surface area contributed by atoms with E-state index in [-0.39, 0.29) is 0 Å². The van der Waals surface area contributed by atoms with Gasteiger partial charge < -0.3 is 19.1 Å². The van der Waals surface area contributed by atoms with Crippen LogP contribution in [0.25, 0.3) is 0 Å². The van der Waals surface area contributed by atoms with E-state index < -0.39 is 30.8 Å². The van der Waals surface area contributed by atoms with Crippen LogP contribution in [-0.2, 0) is 13.6 Å². The maximum Gasteiger partial charge on any atom is 0.356 e. The predicted molar refractivity (Wildman–Crippen MR) is 87.0 cm³/mol. The molecule has 0 fully saturated rings. The Morgan fingerprint density at radius 1 is 1.16 bits per heavy atom. The average Bonchev–Trinajstić information content (AvgIpc) is 2.97. The summed E-state index contributed by atoms with van der Waals surface area (Å²) in [5.41, 5.74) is -1.45. The molecular formula is C13H17N4O7P. The van der Waals surface area contributed by atoms with E-state index in [1.54, 1.807) is 24.3 Å². The zero-order chi connectivity index (χ0) is 18.6. The molecule has 2 rings (SSSR count). The Labute approximate surface area is 141 Å². The van der Waals surface area contributed by atoms with Crippen molar-refractivity contribution in [3.63, 3.8) is 0 Å². The molecule has 1 atom stereocenters. The summed E-state index contributed by atoms with van der Waals surface area (Å²) in [6.07, 6.45) is 0. The fourth-order valence-electron chi connectivity index (χ4n) is 2.07. The van der Waals surface area contributed by atoms with Crippen molar-refractivity contribution in [3.05, 3.63) is 50.8 Å². The van der Waals surface area contributed by atoms with Crippen LogP contribution in [0.5, 0.6) is 5.75 Å². The van der Waals surface area contributed by atoms with Crippen LogP contribution in [0.4, 0.5) is 4.79 Å². The molecule has 0 aliphatic heterocycles. The summed E-state index contributed by atoms with van der Waals surface area (Å²) in [6, 6.07) is 5.27. The number of hydrogen-bond acceptors (Lipinski definition) is 7. The molecule has 1 heterocycles. The Morgan fingerprint density at radius 2 is 1.76 bits per heavy atom. The van der Waals surface area contributed by atoms with Crippen LogP contribution in [0.1, 0.15) is 11.3 Å². The Kier molecular flexibility index (Phi) is 5.62. The van der Waals surface area contributed by atoms with Crippen molar-refractivity contribution in [2.24, 2.45) is 0 Å². The molecule has 136 valence electrons. The first kappa shape index (κ1) is 18.7. The van der Waals surface area contributed by atoms with Gasteiger partial charge in [0.1, 0.15) is 5.75 Å². The summed E-state index contributed by atoms with van der Waals surface area (Å²) in [7, 11) is 0.00247. The van der Waals surface area contributed by atoms with Crippen molar-refractivity contribution in [3.8, 4) is 5.75 Å². The third-order valence-corrected chi connectivity index (χ3v) is 5.43. The monoisotopic (exact) mass is 372 g/mol. The number of amides is 1. The topological polar surface area (TPSA) is 145 Å². The van der Waals surface area contributed by atoms with Gasteiger partial charge in [-0.1, -0.05) is 12.1 Å². The molecule has 1 aromatic heterocycles. The highest BCUT2D eigenvalue weighted by Gasteiger charge is 2.37. The van der Waals surface area contributed by atoms with Crippen molar-refractivity contribution in [2.75, 3.05) is 21.3 Å². The number of methoxy groups -OCH3 is 1. The number of nitrogens with one attached hydrogen (secondary N) is 3. The second-order valence-corrected chi connectivity index (χ2v) is 7.06. The molecule has 0 aliphatic carbocycles. The fourth-order valence-corrected chi connectivity index (χ4v) is 3.45. The Bertz CT molecular complexity index is 890. The number of benzene rings is 1. The summed E-state index contributed by atoms with van der Waals surface area (Å²) in [6.45, 7) is 0. The molecule has 1 amide bonds. The molecule has 12 heteroatoms. The highest BCUT2D eigenvalue weighted by atomic mass is 31.2. The second kappa shape index (κ2) is 7.51. The predicted octanol–water partition coefficient (Wildman–Crippen LogP) is 0.616. The molecule has 1 aromatic carbocycles. The Balaban J connectivity index is 2.42. The SMILES string of the molecule is COc1ccc([C@@H](NC(=O)n2[nH]c(=O)[nH]c2=O)P(=O)(OC)OC)cc1.